The van der Waals surface area contributed by atoms with Crippen LogP contribution in [0.25, 0.3) is 16.8 Å². The van der Waals surface area contributed by atoms with E-state index >= 15 is 0 Å². The van der Waals surface area contributed by atoms with Crippen molar-refractivity contribution < 1.29 is 13.9 Å². The highest BCUT2D eigenvalue weighted by atomic mass is 35.5. The summed E-state index contributed by atoms with van der Waals surface area (Å²) >= 11 is 6.74. The molecule has 4 aliphatic rings. The number of likely N-dealkylation sites (N-methyl/N-ethyl adjacent to an activating group) is 1. The van der Waals surface area contributed by atoms with Crippen LogP contribution >= 0.6 is 11.6 Å². The van der Waals surface area contributed by atoms with Gasteiger partial charge in [0.25, 0.3) is 0 Å². The average Bonchev–Trinajstić information content (AvgIpc) is 3.90. The van der Waals surface area contributed by atoms with Gasteiger partial charge in [-0.05, 0) is 48.9 Å². The molecule has 0 spiro atoms. The molecule has 4 aliphatic heterocycles. The first kappa shape index (κ1) is 32.2. The van der Waals surface area contributed by atoms with Gasteiger partial charge >= 0.3 is 6.01 Å². The summed E-state index contributed by atoms with van der Waals surface area (Å²) in [6.45, 7) is 3.54. The number of ether oxygens (including phenoxy) is 1. The zero-order valence-electron chi connectivity index (χ0n) is 28.0. The van der Waals surface area contributed by atoms with E-state index in [1.807, 2.05) is 41.9 Å². The molecule has 0 bridgehead atoms. The summed E-state index contributed by atoms with van der Waals surface area (Å²) in [5, 5.41) is 6.63. The minimum Gasteiger partial charge on any atom is -0.461 e. The highest BCUT2D eigenvalue weighted by Gasteiger charge is 2.49. The molecule has 3 saturated heterocycles. The standard InChI is InChI=1S/C37H42ClFN8O2/c1-44-20-26(41-23-44)10-11-33(48)46-15-12-27(21-46)45(2)35-29-18-40-31(28-8-3-6-24-7-4-9-30(38)34(24)28)16-32(29)42-36(43-35)49-22-37-13-5-14-47(37)19-25(39)17-37/h3-4,6-11,20,23,25,27,31,40H,5,12-19,21-22H2,1-2H3/b11-10+/t25-,27-,31?,37+/m1/s1. The minimum atomic E-state index is -0.832. The van der Waals surface area contributed by atoms with Gasteiger partial charge in [-0.25, -0.2) is 9.37 Å². The molecular weight excluding hydrogens is 643 g/mol. The number of anilines is 1. The number of hydrogen-bond acceptors (Lipinski definition) is 8. The van der Waals surface area contributed by atoms with E-state index < -0.39 is 6.17 Å². The van der Waals surface area contributed by atoms with Crippen LogP contribution in [0.3, 0.4) is 0 Å². The molecule has 6 heterocycles. The number of imidazole rings is 1. The Hall–Kier alpha value is -4.06. The van der Waals surface area contributed by atoms with Crippen LogP contribution in [-0.4, -0.2) is 92.8 Å². The fourth-order valence-electron chi connectivity index (χ4n) is 8.39. The van der Waals surface area contributed by atoms with Crippen LogP contribution in [0.2, 0.25) is 5.02 Å². The van der Waals surface area contributed by atoms with Gasteiger partial charge in [-0.15, -0.1) is 0 Å². The summed E-state index contributed by atoms with van der Waals surface area (Å²) in [5.74, 6) is 0.775. The number of halogens is 2. The number of amides is 1. The van der Waals surface area contributed by atoms with Crippen LogP contribution in [0.5, 0.6) is 6.01 Å². The van der Waals surface area contributed by atoms with E-state index in [9.17, 15) is 9.18 Å². The fraction of sp³-hybridized carbons (Fsp3) is 0.459. The van der Waals surface area contributed by atoms with Gasteiger partial charge in [-0.1, -0.05) is 41.9 Å². The van der Waals surface area contributed by atoms with Gasteiger partial charge in [-0.3, -0.25) is 9.69 Å². The quantitative estimate of drug-likeness (QED) is 0.256. The van der Waals surface area contributed by atoms with Crippen molar-refractivity contribution in [2.24, 2.45) is 7.05 Å². The summed E-state index contributed by atoms with van der Waals surface area (Å²) in [7, 11) is 3.95. The van der Waals surface area contributed by atoms with Gasteiger partial charge in [0.2, 0.25) is 5.91 Å². The van der Waals surface area contributed by atoms with Gasteiger partial charge in [0.15, 0.2) is 0 Å². The summed E-state index contributed by atoms with van der Waals surface area (Å²) in [4.78, 5) is 33.8. The topological polar surface area (TPSA) is 91.7 Å². The number of rotatable bonds is 8. The molecule has 1 unspecified atom stereocenters. The fourth-order valence-corrected chi connectivity index (χ4v) is 8.68. The van der Waals surface area contributed by atoms with Gasteiger partial charge in [0.05, 0.1) is 23.3 Å². The van der Waals surface area contributed by atoms with E-state index in [1.165, 1.54) is 0 Å². The molecule has 2 aromatic carbocycles. The monoisotopic (exact) mass is 684 g/mol. The molecule has 4 atom stereocenters. The number of aryl methyl sites for hydroxylation is 1. The minimum absolute atomic E-state index is 0.00598. The van der Waals surface area contributed by atoms with Crippen LogP contribution in [0.15, 0.2) is 55.0 Å². The Kier molecular flexibility index (Phi) is 8.53. The maximum atomic E-state index is 14.6. The molecule has 256 valence electrons. The van der Waals surface area contributed by atoms with E-state index in [-0.39, 0.29) is 23.5 Å². The van der Waals surface area contributed by atoms with Gasteiger partial charge in [-0.2, -0.15) is 9.97 Å². The van der Waals surface area contributed by atoms with Crippen molar-refractivity contribution in [1.29, 1.82) is 0 Å². The van der Waals surface area contributed by atoms with Gasteiger partial charge in [0.1, 0.15) is 18.6 Å². The molecular formula is C37H42ClFN8O2. The summed E-state index contributed by atoms with van der Waals surface area (Å²) in [5.41, 5.74) is 3.54. The first-order valence-corrected chi connectivity index (χ1v) is 17.6. The average molecular weight is 685 g/mol. The lowest BCUT2D eigenvalue weighted by Gasteiger charge is -2.34. The highest BCUT2D eigenvalue weighted by Crippen LogP contribution is 2.41. The second-order valence-corrected chi connectivity index (χ2v) is 14.5. The molecule has 12 heteroatoms. The first-order chi connectivity index (χ1) is 23.8. The number of nitrogens with zero attached hydrogens (tertiary/aromatic N) is 7. The largest absolute Gasteiger partial charge is 0.461 e. The number of carbonyl (C=O) groups excluding carboxylic acids is 1. The SMILES string of the molecule is CN(c1nc(OC[C@@]23CCCN2C[C@H](F)C3)nc2c1CNC(c1cccc3cccc(Cl)c13)C2)[C@@H]1CCN(C(=O)/C=C/c2cn(C)cn2)C1. The smallest absolute Gasteiger partial charge is 0.318 e. The lowest BCUT2D eigenvalue weighted by molar-refractivity contribution is -0.124. The Morgan fingerprint density at radius 3 is 2.90 bits per heavy atom. The number of aromatic nitrogens is 4. The zero-order valence-corrected chi connectivity index (χ0v) is 28.7. The van der Waals surface area contributed by atoms with Crippen molar-refractivity contribution >= 4 is 40.2 Å². The molecule has 2 aromatic heterocycles. The zero-order chi connectivity index (χ0) is 33.7. The van der Waals surface area contributed by atoms with E-state index in [0.29, 0.717) is 51.6 Å². The van der Waals surface area contributed by atoms with Crippen LogP contribution in [0.1, 0.15) is 54.2 Å². The number of alkyl halides is 1. The first-order valence-electron chi connectivity index (χ1n) is 17.3. The number of benzene rings is 2. The maximum absolute atomic E-state index is 14.6. The third-order valence-corrected chi connectivity index (χ3v) is 11.3. The summed E-state index contributed by atoms with van der Waals surface area (Å²) in [6.07, 6.45) is 10.0. The van der Waals surface area contributed by atoms with Gasteiger partial charge < -0.3 is 24.4 Å². The lowest BCUT2D eigenvalue weighted by atomic mass is 9.91. The number of hydrogen-bond donors (Lipinski definition) is 1. The maximum Gasteiger partial charge on any atom is 0.318 e. The molecule has 8 rings (SSSR count). The van der Waals surface area contributed by atoms with Crippen molar-refractivity contribution in [1.82, 2.24) is 34.6 Å². The summed E-state index contributed by atoms with van der Waals surface area (Å²) < 4.78 is 22.9. The van der Waals surface area contributed by atoms with Crippen LogP contribution < -0.4 is 15.0 Å². The van der Waals surface area contributed by atoms with E-state index in [2.05, 4.69) is 44.4 Å². The highest BCUT2D eigenvalue weighted by molar-refractivity contribution is 6.35. The number of fused-ring (bicyclic) bond motifs is 3. The summed E-state index contributed by atoms with van der Waals surface area (Å²) in [6, 6.07) is 12.7. The molecule has 49 heavy (non-hydrogen) atoms. The van der Waals surface area contributed by atoms with Crippen molar-refractivity contribution in [2.45, 2.75) is 62.4 Å². The predicted molar refractivity (Wildman–Crippen MR) is 188 cm³/mol. The van der Waals surface area contributed by atoms with Gasteiger partial charge in [0, 0.05) is 93.4 Å². The molecule has 0 saturated carbocycles. The third-order valence-electron chi connectivity index (χ3n) is 10.9. The molecule has 10 nitrogen and oxygen atoms in total. The normalized spacial score (nSPS) is 25.3. The molecule has 0 radical (unpaired) electrons. The number of carbonyl (C=O) groups is 1. The molecule has 3 fully saturated rings. The molecule has 1 amide bonds. The Morgan fingerprint density at radius 2 is 2.06 bits per heavy atom. The van der Waals surface area contributed by atoms with Crippen molar-refractivity contribution in [2.75, 3.05) is 44.7 Å². The number of likely N-dealkylation sites (tertiary alicyclic amines) is 1. The number of nitrogens with one attached hydrogen (secondary N) is 1. The molecule has 1 N–H and O–H groups in total. The van der Waals surface area contributed by atoms with E-state index in [4.69, 9.17) is 26.3 Å². The van der Waals surface area contributed by atoms with Crippen LogP contribution in [0.4, 0.5) is 10.2 Å². The predicted octanol–water partition coefficient (Wildman–Crippen LogP) is 5.11. The van der Waals surface area contributed by atoms with Crippen LogP contribution in [-0.2, 0) is 24.8 Å². The second-order valence-electron chi connectivity index (χ2n) is 14.1. The second kappa shape index (κ2) is 13.0. The van der Waals surface area contributed by atoms with Crippen LogP contribution in [0, 0.1) is 0 Å². The van der Waals surface area contributed by atoms with Crippen molar-refractivity contribution in [3.05, 3.63) is 82.5 Å². The third kappa shape index (κ3) is 6.17. The molecule has 0 aliphatic carbocycles. The van der Waals surface area contributed by atoms with E-state index in [0.717, 1.165) is 69.9 Å². The Bertz CT molecular complexity index is 1910. The van der Waals surface area contributed by atoms with Crippen molar-refractivity contribution in [3.8, 4) is 6.01 Å². The Morgan fingerprint density at radius 1 is 1.20 bits per heavy atom. The lowest BCUT2D eigenvalue weighted by Crippen LogP contribution is -2.43. The van der Waals surface area contributed by atoms with Crippen molar-refractivity contribution in [3.63, 3.8) is 0 Å². The Labute approximate surface area is 290 Å². The Balaban J connectivity index is 1.07. The molecule has 4 aromatic rings. The van der Waals surface area contributed by atoms with E-state index in [1.54, 1.807) is 18.5 Å².